The second kappa shape index (κ2) is 4.44. The molecule has 0 N–H and O–H groups in total. The molecule has 2 rings (SSSR count). The number of amides is 1. The molecule has 1 amide bonds. The third kappa shape index (κ3) is 2.70. The molecule has 4 nitrogen and oxygen atoms in total. The number of ether oxygens (including phenoxy) is 1. The first kappa shape index (κ1) is 12.6. The van der Waals surface area contributed by atoms with Crippen LogP contribution >= 0.6 is 22.6 Å². The van der Waals surface area contributed by atoms with E-state index in [1.54, 1.807) is 11.1 Å². The number of halogens is 1. The highest BCUT2D eigenvalue weighted by molar-refractivity contribution is 14.1. The molecule has 1 fully saturated rings. The normalized spacial score (nSPS) is 20.6. The van der Waals surface area contributed by atoms with Crippen molar-refractivity contribution >= 4 is 34.5 Å². The van der Waals surface area contributed by atoms with Gasteiger partial charge in [-0.25, -0.2) is 9.78 Å². The van der Waals surface area contributed by atoms with Crippen molar-refractivity contribution < 1.29 is 9.53 Å². The first-order valence-corrected chi connectivity index (χ1v) is 6.55. The molecule has 0 aromatic carbocycles. The van der Waals surface area contributed by atoms with E-state index in [-0.39, 0.29) is 17.6 Å². The van der Waals surface area contributed by atoms with Crippen LogP contribution in [0.3, 0.4) is 0 Å². The van der Waals surface area contributed by atoms with Gasteiger partial charge in [0.1, 0.15) is 11.9 Å². The largest absolute Gasteiger partial charge is 0.443 e. The molecule has 17 heavy (non-hydrogen) atoms. The SMILES string of the molecule is CC(C)(C)[C@H]1CN(c2ccc(I)cn2)C(=O)O1. The summed E-state index contributed by atoms with van der Waals surface area (Å²) in [5, 5.41) is 0. The molecule has 1 aromatic heterocycles. The highest BCUT2D eigenvalue weighted by Gasteiger charge is 2.39. The van der Waals surface area contributed by atoms with Crippen LogP contribution < -0.4 is 4.90 Å². The van der Waals surface area contributed by atoms with Crippen LogP contribution in [0.25, 0.3) is 0 Å². The zero-order chi connectivity index (χ0) is 12.6. The maximum Gasteiger partial charge on any atom is 0.415 e. The molecule has 0 spiro atoms. The zero-order valence-electron chi connectivity index (χ0n) is 10.1. The molecule has 1 aliphatic heterocycles. The lowest BCUT2D eigenvalue weighted by molar-refractivity contribution is 0.0728. The van der Waals surface area contributed by atoms with E-state index in [0.29, 0.717) is 12.4 Å². The number of nitrogens with zero attached hydrogens (tertiary/aromatic N) is 2. The third-order valence-corrected chi connectivity index (χ3v) is 3.40. The van der Waals surface area contributed by atoms with Gasteiger partial charge in [0.05, 0.1) is 6.54 Å². The van der Waals surface area contributed by atoms with Gasteiger partial charge in [0, 0.05) is 15.2 Å². The lowest BCUT2D eigenvalue weighted by Crippen LogP contribution is -2.31. The number of hydrogen-bond donors (Lipinski definition) is 0. The van der Waals surface area contributed by atoms with E-state index in [1.165, 1.54) is 0 Å². The van der Waals surface area contributed by atoms with Gasteiger partial charge in [0.2, 0.25) is 0 Å². The van der Waals surface area contributed by atoms with Crippen molar-refractivity contribution in [3.63, 3.8) is 0 Å². The molecule has 0 radical (unpaired) electrons. The number of cyclic esters (lactones) is 1. The van der Waals surface area contributed by atoms with Crippen molar-refractivity contribution in [3.05, 3.63) is 21.9 Å². The van der Waals surface area contributed by atoms with Crippen LogP contribution in [-0.4, -0.2) is 23.7 Å². The smallest absolute Gasteiger partial charge is 0.415 e. The molecule has 0 bridgehead atoms. The number of pyridine rings is 1. The summed E-state index contributed by atoms with van der Waals surface area (Å²) in [6.45, 7) is 6.76. The van der Waals surface area contributed by atoms with Crippen molar-refractivity contribution in [1.82, 2.24) is 4.98 Å². The lowest BCUT2D eigenvalue weighted by Gasteiger charge is -2.24. The highest BCUT2D eigenvalue weighted by atomic mass is 127. The van der Waals surface area contributed by atoms with Gasteiger partial charge in [-0.2, -0.15) is 0 Å². The van der Waals surface area contributed by atoms with Crippen LogP contribution in [0.2, 0.25) is 0 Å². The third-order valence-electron chi connectivity index (χ3n) is 2.77. The first-order valence-electron chi connectivity index (χ1n) is 5.47. The summed E-state index contributed by atoms with van der Waals surface area (Å²) >= 11 is 2.18. The van der Waals surface area contributed by atoms with Crippen LogP contribution in [-0.2, 0) is 4.74 Å². The van der Waals surface area contributed by atoms with Gasteiger partial charge >= 0.3 is 6.09 Å². The van der Waals surface area contributed by atoms with Gasteiger partial charge in [-0.3, -0.25) is 4.90 Å². The molecule has 5 heteroatoms. The minimum absolute atomic E-state index is 0.0480. The van der Waals surface area contributed by atoms with Crippen LogP contribution in [0.4, 0.5) is 10.6 Å². The van der Waals surface area contributed by atoms with E-state index in [0.717, 1.165) is 3.57 Å². The van der Waals surface area contributed by atoms with E-state index in [1.807, 2.05) is 12.1 Å². The molecule has 92 valence electrons. The van der Waals surface area contributed by atoms with Crippen molar-refractivity contribution in [2.75, 3.05) is 11.4 Å². The molecule has 1 atom stereocenters. The second-order valence-corrected chi connectivity index (χ2v) is 6.43. The van der Waals surface area contributed by atoms with Crippen molar-refractivity contribution in [2.45, 2.75) is 26.9 Å². The molecular weight excluding hydrogens is 331 g/mol. The van der Waals surface area contributed by atoms with E-state index in [2.05, 4.69) is 48.3 Å². The Morgan fingerprint density at radius 1 is 1.47 bits per heavy atom. The molecule has 2 heterocycles. The van der Waals surface area contributed by atoms with Crippen LogP contribution in [0.1, 0.15) is 20.8 Å². The number of rotatable bonds is 1. The van der Waals surface area contributed by atoms with Crippen LogP contribution in [0.5, 0.6) is 0 Å². The Morgan fingerprint density at radius 3 is 2.65 bits per heavy atom. The van der Waals surface area contributed by atoms with E-state index in [9.17, 15) is 4.79 Å². The molecule has 0 saturated carbocycles. The monoisotopic (exact) mass is 346 g/mol. The quantitative estimate of drug-likeness (QED) is 0.734. The molecule has 1 aliphatic rings. The Kier molecular flexibility index (Phi) is 3.29. The topological polar surface area (TPSA) is 42.4 Å². The number of hydrogen-bond acceptors (Lipinski definition) is 3. The fraction of sp³-hybridized carbons (Fsp3) is 0.500. The van der Waals surface area contributed by atoms with Gasteiger partial charge in [-0.15, -0.1) is 0 Å². The highest BCUT2D eigenvalue weighted by Crippen LogP contribution is 2.30. The Morgan fingerprint density at radius 2 is 2.18 bits per heavy atom. The van der Waals surface area contributed by atoms with Crippen molar-refractivity contribution in [2.24, 2.45) is 5.41 Å². The van der Waals surface area contributed by atoms with E-state index >= 15 is 0 Å². The first-order chi connectivity index (χ1) is 7.88. The summed E-state index contributed by atoms with van der Waals surface area (Å²) in [5.41, 5.74) is -0.0480. The fourth-order valence-electron chi connectivity index (χ4n) is 1.63. The molecular formula is C12H15IN2O2. The zero-order valence-corrected chi connectivity index (χ0v) is 12.3. The Hall–Kier alpha value is -0.850. The van der Waals surface area contributed by atoms with E-state index in [4.69, 9.17) is 4.74 Å². The number of aromatic nitrogens is 1. The van der Waals surface area contributed by atoms with Gasteiger partial charge in [0.15, 0.2) is 0 Å². The summed E-state index contributed by atoms with van der Waals surface area (Å²) in [4.78, 5) is 17.6. The second-order valence-electron chi connectivity index (χ2n) is 5.18. The van der Waals surface area contributed by atoms with Crippen molar-refractivity contribution in [1.29, 1.82) is 0 Å². The summed E-state index contributed by atoms with van der Waals surface area (Å²) < 4.78 is 6.42. The maximum absolute atomic E-state index is 11.8. The van der Waals surface area contributed by atoms with E-state index < -0.39 is 0 Å². The average molecular weight is 346 g/mol. The van der Waals surface area contributed by atoms with Crippen molar-refractivity contribution in [3.8, 4) is 0 Å². The van der Waals surface area contributed by atoms with Gasteiger partial charge in [0.25, 0.3) is 0 Å². The van der Waals surface area contributed by atoms with Crippen LogP contribution in [0.15, 0.2) is 18.3 Å². The molecule has 1 saturated heterocycles. The standard InChI is InChI=1S/C12H15IN2O2/c1-12(2,3)9-7-15(11(16)17-9)10-5-4-8(13)6-14-10/h4-6,9H,7H2,1-3H3/t9-/m1/s1. The summed E-state index contributed by atoms with van der Waals surface area (Å²) in [7, 11) is 0. The van der Waals surface area contributed by atoms with Crippen LogP contribution in [0, 0.1) is 8.99 Å². The Bertz CT molecular complexity index is 425. The molecule has 0 unspecified atom stereocenters. The lowest BCUT2D eigenvalue weighted by atomic mass is 9.89. The minimum atomic E-state index is -0.307. The Balaban J connectivity index is 2.19. The summed E-state index contributed by atoms with van der Waals surface area (Å²) in [5.74, 6) is 0.655. The maximum atomic E-state index is 11.8. The molecule has 1 aromatic rings. The fourth-order valence-corrected chi connectivity index (χ4v) is 1.95. The van der Waals surface area contributed by atoms with Gasteiger partial charge < -0.3 is 4.74 Å². The predicted molar refractivity (Wildman–Crippen MR) is 74.0 cm³/mol. The number of carbonyl (C=O) groups excluding carboxylic acids is 1. The molecule has 0 aliphatic carbocycles. The number of carbonyl (C=O) groups is 1. The summed E-state index contributed by atoms with van der Waals surface area (Å²) in [6.07, 6.45) is 1.35. The predicted octanol–water partition coefficient (Wildman–Crippen LogP) is 3.06. The Labute approximate surface area is 114 Å². The van der Waals surface area contributed by atoms with Gasteiger partial charge in [-0.1, -0.05) is 20.8 Å². The minimum Gasteiger partial charge on any atom is -0.443 e. The number of anilines is 1. The summed E-state index contributed by atoms with van der Waals surface area (Å²) in [6, 6.07) is 3.77. The average Bonchev–Trinajstić information content (AvgIpc) is 2.61. The van der Waals surface area contributed by atoms with Gasteiger partial charge in [-0.05, 0) is 34.7 Å².